The number of likely N-dealkylation sites (tertiary alicyclic amines) is 1. The molecule has 1 aliphatic heterocycles. The van der Waals surface area contributed by atoms with Gasteiger partial charge in [-0.1, -0.05) is 15.9 Å². The molecular formula is C9H16BrNO. The van der Waals surface area contributed by atoms with Crippen molar-refractivity contribution in [3.63, 3.8) is 0 Å². The van der Waals surface area contributed by atoms with E-state index in [0.717, 1.165) is 24.7 Å². The Morgan fingerprint density at radius 1 is 1.58 bits per heavy atom. The largest absolute Gasteiger partial charge is 0.306 e. The molecule has 1 atom stereocenters. The quantitative estimate of drug-likeness (QED) is 0.545. The zero-order valence-electron chi connectivity index (χ0n) is 7.50. The van der Waals surface area contributed by atoms with Gasteiger partial charge in [-0.25, -0.2) is 0 Å². The average Bonchev–Trinajstić information content (AvgIpc) is 2.10. The molecule has 0 aliphatic carbocycles. The number of hydrogen-bond acceptors (Lipinski definition) is 2. The third kappa shape index (κ3) is 2.56. The molecule has 0 saturated carbocycles. The van der Waals surface area contributed by atoms with Gasteiger partial charge >= 0.3 is 0 Å². The van der Waals surface area contributed by atoms with Crippen LogP contribution in [0.4, 0.5) is 0 Å². The summed E-state index contributed by atoms with van der Waals surface area (Å²) in [5.74, 6) is 0.844. The summed E-state index contributed by atoms with van der Waals surface area (Å²) in [7, 11) is 2.14. The summed E-state index contributed by atoms with van der Waals surface area (Å²) in [6.07, 6.45) is 3.45. The molecule has 0 amide bonds. The Labute approximate surface area is 82.4 Å². The van der Waals surface area contributed by atoms with Gasteiger partial charge in [0.25, 0.3) is 0 Å². The molecule has 0 spiro atoms. The van der Waals surface area contributed by atoms with Crippen molar-refractivity contribution in [2.24, 2.45) is 11.8 Å². The second-order valence-corrected chi connectivity index (χ2v) is 4.24. The van der Waals surface area contributed by atoms with Gasteiger partial charge in [0.05, 0.1) is 0 Å². The molecule has 12 heavy (non-hydrogen) atoms. The van der Waals surface area contributed by atoms with E-state index in [1.54, 1.807) is 0 Å². The number of nitrogens with zero attached hydrogens (tertiary/aromatic N) is 1. The van der Waals surface area contributed by atoms with E-state index in [9.17, 15) is 4.79 Å². The highest BCUT2D eigenvalue weighted by atomic mass is 79.9. The van der Waals surface area contributed by atoms with Gasteiger partial charge in [0.1, 0.15) is 6.29 Å². The monoisotopic (exact) mass is 233 g/mol. The van der Waals surface area contributed by atoms with Crippen LogP contribution in [0.25, 0.3) is 0 Å². The predicted octanol–water partition coefficient (Wildman–Crippen LogP) is 1.54. The third-order valence-electron chi connectivity index (χ3n) is 2.72. The lowest BCUT2D eigenvalue weighted by Crippen LogP contribution is -2.34. The Hall–Kier alpha value is 0.110. The number of alkyl halides is 1. The molecule has 0 aromatic rings. The van der Waals surface area contributed by atoms with Crippen molar-refractivity contribution in [1.29, 1.82) is 0 Å². The van der Waals surface area contributed by atoms with Crippen LogP contribution in [-0.2, 0) is 4.79 Å². The molecular weight excluding hydrogens is 218 g/mol. The molecule has 1 fully saturated rings. The summed E-state index contributed by atoms with van der Waals surface area (Å²) >= 11 is 3.38. The van der Waals surface area contributed by atoms with E-state index in [0.29, 0.717) is 5.92 Å². The molecule has 1 saturated heterocycles. The Morgan fingerprint density at radius 2 is 2.17 bits per heavy atom. The fraction of sp³-hybridized carbons (Fsp3) is 0.889. The van der Waals surface area contributed by atoms with Crippen molar-refractivity contribution in [2.45, 2.75) is 12.8 Å². The van der Waals surface area contributed by atoms with Crippen LogP contribution in [-0.4, -0.2) is 36.7 Å². The number of hydrogen-bond donors (Lipinski definition) is 0. The van der Waals surface area contributed by atoms with Crippen LogP contribution in [0.5, 0.6) is 0 Å². The minimum Gasteiger partial charge on any atom is -0.306 e. The van der Waals surface area contributed by atoms with Crippen LogP contribution in [0.2, 0.25) is 0 Å². The summed E-state index contributed by atoms with van der Waals surface area (Å²) in [5.41, 5.74) is 0. The van der Waals surface area contributed by atoms with Crippen molar-refractivity contribution >= 4 is 22.2 Å². The molecule has 0 bridgehead atoms. The summed E-state index contributed by atoms with van der Waals surface area (Å²) in [6.45, 7) is 2.28. The van der Waals surface area contributed by atoms with E-state index >= 15 is 0 Å². The van der Waals surface area contributed by atoms with Crippen molar-refractivity contribution in [1.82, 2.24) is 4.90 Å². The molecule has 1 unspecified atom stereocenters. The molecule has 0 N–H and O–H groups in total. The highest BCUT2D eigenvalue weighted by Crippen LogP contribution is 2.24. The lowest BCUT2D eigenvalue weighted by molar-refractivity contribution is -0.112. The summed E-state index contributed by atoms with van der Waals surface area (Å²) in [6, 6.07) is 0. The standard InChI is InChI=1S/C9H16BrNO/c1-11-4-2-8(3-5-11)9(6-10)7-12/h7-9H,2-6H2,1H3. The number of piperidine rings is 1. The first-order valence-corrected chi connectivity index (χ1v) is 5.60. The van der Waals surface area contributed by atoms with Crippen LogP contribution >= 0.6 is 15.9 Å². The van der Waals surface area contributed by atoms with Gasteiger partial charge in [0.15, 0.2) is 0 Å². The van der Waals surface area contributed by atoms with Gasteiger partial charge in [0, 0.05) is 11.2 Å². The minimum atomic E-state index is 0.235. The second-order valence-electron chi connectivity index (χ2n) is 3.59. The van der Waals surface area contributed by atoms with Crippen molar-refractivity contribution in [3.8, 4) is 0 Å². The lowest BCUT2D eigenvalue weighted by atomic mass is 9.86. The van der Waals surface area contributed by atoms with Crippen LogP contribution in [0.15, 0.2) is 0 Å². The second kappa shape index (κ2) is 4.97. The molecule has 1 rings (SSSR count). The fourth-order valence-electron chi connectivity index (χ4n) is 1.73. The molecule has 0 radical (unpaired) electrons. The molecule has 0 aromatic heterocycles. The molecule has 0 aromatic carbocycles. The topological polar surface area (TPSA) is 20.3 Å². The Kier molecular flexibility index (Phi) is 4.22. The Morgan fingerprint density at radius 3 is 2.58 bits per heavy atom. The summed E-state index contributed by atoms with van der Waals surface area (Å²) < 4.78 is 0. The number of carbonyl (C=O) groups is 1. The zero-order valence-corrected chi connectivity index (χ0v) is 9.09. The van der Waals surface area contributed by atoms with Gasteiger partial charge in [-0.15, -0.1) is 0 Å². The number of aldehydes is 1. The first-order chi connectivity index (χ1) is 5.77. The highest BCUT2D eigenvalue weighted by molar-refractivity contribution is 9.09. The summed E-state index contributed by atoms with van der Waals surface area (Å²) in [4.78, 5) is 13.0. The van der Waals surface area contributed by atoms with Crippen LogP contribution in [0, 0.1) is 11.8 Å². The third-order valence-corrected chi connectivity index (χ3v) is 3.47. The van der Waals surface area contributed by atoms with Crippen LogP contribution < -0.4 is 0 Å². The smallest absolute Gasteiger partial charge is 0.124 e. The zero-order chi connectivity index (χ0) is 8.97. The lowest BCUT2D eigenvalue weighted by Gasteiger charge is -2.31. The van der Waals surface area contributed by atoms with Crippen LogP contribution in [0.1, 0.15) is 12.8 Å². The van der Waals surface area contributed by atoms with E-state index in [1.807, 2.05) is 0 Å². The van der Waals surface area contributed by atoms with Crippen molar-refractivity contribution in [2.75, 3.05) is 25.5 Å². The normalized spacial score (nSPS) is 23.8. The Balaban J connectivity index is 2.37. The van der Waals surface area contributed by atoms with Gasteiger partial charge in [0.2, 0.25) is 0 Å². The first-order valence-electron chi connectivity index (χ1n) is 4.47. The average molecular weight is 234 g/mol. The highest BCUT2D eigenvalue weighted by Gasteiger charge is 2.23. The van der Waals surface area contributed by atoms with E-state index in [-0.39, 0.29) is 5.92 Å². The van der Waals surface area contributed by atoms with E-state index < -0.39 is 0 Å². The van der Waals surface area contributed by atoms with Crippen molar-refractivity contribution < 1.29 is 4.79 Å². The molecule has 3 heteroatoms. The maximum atomic E-state index is 10.7. The molecule has 1 heterocycles. The van der Waals surface area contributed by atoms with Gasteiger partial charge < -0.3 is 9.69 Å². The number of rotatable bonds is 3. The van der Waals surface area contributed by atoms with Crippen molar-refractivity contribution in [3.05, 3.63) is 0 Å². The van der Waals surface area contributed by atoms with Crippen LogP contribution in [0.3, 0.4) is 0 Å². The molecule has 2 nitrogen and oxygen atoms in total. The fourth-order valence-corrected chi connectivity index (χ4v) is 2.41. The molecule has 70 valence electrons. The predicted molar refractivity (Wildman–Crippen MR) is 53.6 cm³/mol. The number of carbonyl (C=O) groups excluding carboxylic acids is 1. The van der Waals surface area contributed by atoms with Gasteiger partial charge in [-0.05, 0) is 38.9 Å². The Bertz CT molecular complexity index is 143. The van der Waals surface area contributed by atoms with E-state index in [4.69, 9.17) is 0 Å². The van der Waals surface area contributed by atoms with Gasteiger partial charge in [-0.2, -0.15) is 0 Å². The summed E-state index contributed by atoms with van der Waals surface area (Å²) in [5, 5.41) is 0.824. The first kappa shape index (κ1) is 10.2. The SMILES string of the molecule is CN1CCC(C(C=O)CBr)CC1. The minimum absolute atomic E-state index is 0.235. The maximum absolute atomic E-state index is 10.7. The van der Waals surface area contributed by atoms with E-state index in [1.165, 1.54) is 12.8 Å². The molecule has 1 aliphatic rings. The maximum Gasteiger partial charge on any atom is 0.124 e. The van der Waals surface area contributed by atoms with E-state index in [2.05, 4.69) is 27.9 Å². The number of halogens is 1. The van der Waals surface area contributed by atoms with Gasteiger partial charge in [-0.3, -0.25) is 0 Å².